The Morgan fingerprint density at radius 1 is 1.10 bits per heavy atom. The smallest absolute Gasteiger partial charge is 0.262 e. The van der Waals surface area contributed by atoms with E-state index < -0.39 is 0 Å². The zero-order valence-corrected chi connectivity index (χ0v) is 17.8. The Balaban J connectivity index is 1.26. The Bertz CT molecular complexity index is 1310. The van der Waals surface area contributed by atoms with E-state index in [1.54, 1.807) is 6.07 Å². The molecule has 0 spiro atoms. The van der Waals surface area contributed by atoms with Gasteiger partial charge in [0.05, 0.1) is 11.7 Å². The number of rotatable bonds is 6. The summed E-state index contributed by atoms with van der Waals surface area (Å²) in [5.74, 6) is -0.119. The van der Waals surface area contributed by atoms with Gasteiger partial charge in [0.2, 0.25) is 5.91 Å². The highest BCUT2D eigenvalue weighted by Gasteiger charge is 2.19. The molecule has 1 amide bonds. The fraction of sp³-hybridized carbons (Fsp3) is 0.208. The second kappa shape index (κ2) is 8.35. The number of thiophene rings is 1. The van der Waals surface area contributed by atoms with Crippen LogP contribution in [0.2, 0.25) is 0 Å². The molecule has 7 heteroatoms. The summed E-state index contributed by atoms with van der Waals surface area (Å²) < 4.78 is 1.50. The van der Waals surface area contributed by atoms with Gasteiger partial charge < -0.3 is 10.2 Å². The monoisotopic (exact) mass is 430 g/mol. The normalized spacial score (nSPS) is 12.8. The van der Waals surface area contributed by atoms with E-state index in [4.69, 9.17) is 0 Å². The minimum absolute atomic E-state index is 0.104. The Labute approximate surface area is 183 Å². The van der Waals surface area contributed by atoms with Crippen LogP contribution in [0.3, 0.4) is 0 Å². The number of carbonyl (C=O) groups is 1. The summed E-state index contributed by atoms with van der Waals surface area (Å²) in [6.07, 6.45) is 2.77. The van der Waals surface area contributed by atoms with E-state index in [-0.39, 0.29) is 17.9 Å². The Kier molecular flexibility index (Phi) is 5.26. The molecule has 31 heavy (non-hydrogen) atoms. The van der Waals surface area contributed by atoms with Gasteiger partial charge in [0.25, 0.3) is 5.56 Å². The molecule has 0 bridgehead atoms. The Morgan fingerprint density at radius 3 is 2.87 bits per heavy atom. The van der Waals surface area contributed by atoms with Gasteiger partial charge in [-0.15, -0.1) is 11.3 Å². The molecule has 5 rings (SSSR count). The fourth-order valence-electron chi connectivity index (χ4n) is 4.04. The summed E-state index contributed by atoms with van der Waals surface area (Å²) in [5.41, 5.74) is 4.42. The van der Waals surface area contributed by atoms with Gasteiger partial charge in [0.1, 0.15) is 4.83 Å². The third kappa shape index (κ3) is 3.96. The van der Waals surface area contributed by atoms with E-state index in [0.29, 0.717) is 11.9 Å². The summed E-state index contributed by atoms with van der Waals surface area (Å²) in [6, 6.07) is 18.1. The maximum Gasteiger partial charge on any atom is 0.262 e. The van der Waals surface area contributed by atoms with Gasteiger partial charge in [0, 0.05) is 37.4 Å². The van der Waals surface area contributed by atoms with Crippen LogP contribution in [0.25, 0.3) is 10.2 Å². The van der Waals surface area contributed by atoms with Crippen molar-refractivity contribution in [1.29, 1.82) is 0 Å². The van der Waals surface area contributed by atoms with E-state index >= 15 is 0 Å². The molecule has 2 aromatic heterocycles. The first kappa shape index (κ1) is 19.5. The highest BCUT2D eigenvalue weighted by molar-refractivity contribution is 7.16. The van der Waals surface area contributed by atoms with Crippen LogP contribution in [0, 0.1) is 0 Å². The van der Waals surface area contributed by atoms with Gasteiger partial charge in [-0.3, -0.25) is 14.2 Å². The molecule has 156 valence electrons. The van der Waals surface area contributed by atoms with Gasteiger partial charge in [-0.05, 0) is 41.1 Å². The molecule has 0 atom stereocenters. The van der Waals surface area contributed by atoms with Crippen LogP contribution < -0.4 is 15.8 Å². The molecule has 0 aliphatic carbocycles. The van der Waals surface area contributed by atoms with E-state index in [2.05, 4.69) is 45.5 Å². The molecule has 4 aromatic rings. The predicted octanol–water partition coefficient (Wildman–Crippen LogP) is 4.05. The first-order valence-electron chi connectivity index (χ1n) is 10.3. The highest BCUT2D eigenvalue weighted by atomic mass is 32.1. The molecule has 2 aromatic carbocycles. The number of nitrogens with one attached hydrogen (secondary N) is 1. The van der Waals surface area contributed by atoms with Crippen LogP contribution in [0.5, 0.6) is 0 Å². The number of hydrogen-bond acceptors (Lipinski definition) is 5. The quantitative estimate of drug-likeness (QED) is 0.501. The molecule has 1 aliphatic rings. The van der Waals surface area contributed by atoms with Gasteiger partial charge in [-0.1, -0.05) is 36.4 Å². The van der Waals surface area contributed by atoms with Crippen molar-refractivity contribution in [1.82, 2.24) is 9.55 Å². The predicted molar refractivity (Wildman–Crippen MR) is 125 cm³/mol. The minimum Gasteiger partial charge on any atom is -0.367 e. The number of benzene rings is 2. The van der Waals surface area contributed by atoms with Crippen molar-refractivity contribution in [2.24, 2.45) is 0 Å². The molecular formula is C24H22N4O2S. The molecule has 0 unspecified atom stereocenters. The number of para-hydroxylation sites is 2. The SMILES string of the molecule is O=C(CCn1cnc2sccc2c1=O)Nc1ccccc1CN1CCc2ccccc21. The van der Waals surface area contributed by atoms with Crippen molar-refractivity contribution in [3.05, 3.63) is 87.8 Å². The number of carbonyl (C=O) groups excluding carboxylic acids is 1. The maximum absolute atomic E-state index is 12.6. The molecule has 0 saturated carbocycles. The number of hydrogen-bond donors (Lipinski definition) is 1. The number of amides is 1. The van der Waals surface area contributed by atoms with Crippen molar-refractivity contribution in [2.45, 2.75) is 25.9 Å². The molecule has 6 nitrogen and oxygen atoms in total. The van der Waals surface area contributed by atoms with E-state index in [0.717, 1.165) is 35.6 Å². The topological polar surface area (TPSA) is 67.2 Å². The lowest BCUT2D eigenvalue weighted by molar-refractivity contribution is -0.116. The summed E-state index contributed by atoms with van der Waals surface area (Å²) in [5, 5.41) is 5.49. The fourth-order valence-corrected chi connectivity index (χ4v) is 4.77. The van der Waals surface area contributed by atoms with E-state index in [1.165, 1.54) is 33.5 Å². The van der Waals surface area contributed by atoms with Crippen molar-refractivity contribution < 1.29 is 4.79 Å². The molecule has 0 fully saturated rings. The largest absolute Gasteiger partial charge is 0.367 e. The minimum atomic E-state index is -0.119. The second-order valence-corrected chi connectivity index (χ2v) is 8.53. The highest BCUT2D eigenvalue weighted by Crippen LogP contribution is 2.30. The van der Waals surface area contributed by atoms with Crippen molar-refractivity contribution in [3.8, 4) is 0 Å². The van der Waals surface area contributed by atoms with Crippen molar-refractivity contribution in [3.63, 3.8) is 0 Å². The third-order valence-corrected chi connectivity index (χ3v) is 6.49. The summed E-state index contributed by atoms with van der Waals surface area (Å²) in [4.78, 5) is 32.5. The lowest BCUT2D eigenvalue weighted by Gasteiger charge is -2.21. The zero-order chi connectivity index (χ0) is 21.2. The van der Waals surface area contributed by atoms with Crippen LogP contribution in [-0.2, 0) is 24.3 Å². The second-order valence-electron chi connectivity index (χ2n) is 7.64. The van der Waals surface area contributed by atoms with Crippen LogP contribution >= 0.6 is 11.3 Å². The molecule has 1 aliphatic heterocycles. The molecule has 0 radical (unpaired) electrons. The first-order valence-corrected chi connectivity index (χ1v) is 11.2. The maximum atomic E-state index is 12.6. The zero-order valence-electron chi connectivity index (χ0n) is 17.0. The van der Waals surface area contributed by atoms with Crippen molar-refractivity contribution >= 4 is 38.8 Å². The lowest BCUT2D eigenvalue weighted by Crippen LogP contribution is -2.24. The van der Waals surface area contributed by atoms with Crippen LogP contribution in [0.15, 0.2) is 71.1 Å². The van der Waals surface area contributed by atoms with Crippen molar-refractivity contribution in [2.75, 3.05) is 16.8 Å². The number of aryl methyl sites for hydroxylation is 1. The average molecular weight is 431 g/mol. The summed E-state index contributed by atoms with van der Waals surface area (Å²) in [7, 11) is 0. The van der Waals surface area contributed by atoms with Gasteiger partial charge in [-0.25, -0.2) is 4.98 Å². The summed E-state index contributed by atoms with van der Waals surface area (Å²) in [6.45, 7) is 2.01. The van der Waals surface area contributed by atoms with Gasteiger partial charge in [-0.2, -0.15) is 0 Å². The van der Waals surface area contributed by atoms with Crippen LogP contribution in [-0.4, -0.2) is 22.0 Å². The van der Waals surface area contributed by atoms with Gasteiger partial charge >= 0.3 is 0 Å². The molecule has 0 saturated heterocycles. The molecular weight excluding hydrogens is 408 g/mol. The van der Waals surface area contributed by atoms with E-state index in [1.807, 2.05) is 23.6 Å². The number of aromatic nitrogens is 2. The standard InChI is InChI=1S/C24H22N4O2S/c29-22(10-13-28-16-25-23-19(24(28)30)11-14-31-23)26-20-7-3-1-6-18(20)15-27-12-9-17-5-2-4-8-21(17)27/h1-8,11,14,16H,9-10,12-13,15H2,(H,26,29). The average Bonchev–Trinajstić information content (AvgIpc) is 3.43. The Morgan fingerprint density at radius 2 is 1.94 bits per heavy atom. The van der Waals surface area contributed by atoms with Crippen LogP contribution in [0.1, 0.15) is 17.5 Å². The summed E-state index contributed by atoms with van der Waals surface area (Å²) >= 11 is 1.44. The number of nitrogens with zero attached hydrogens (tertiary/aromatic N) is 3. The van der Waals surface area contributed by atoms with Crippen LogP contribution in [0.4, 0.5) is 11.4 Å². The first-order chi connectivity index (χ1) is 15.2. The van der Waals surface area contributed by atoms with E-state index in [9.17, 15) is 9.59 Å². The Hall–Kier alpha value is -3.45. The number of anilines is 2. The molecule has 1 N–H and O–H groups in total. The number of fused-ring (bicyclic) bond motifs is 2. The molecule has 3 heterocycles. The lowest BCUT2D eigenvalue weighted by atomic mass is 10.1. The van der Waals surface area contributed by atoms with Gasteiger partial charge in [0.15, 0.2) is 0 Å². The third-order valence-electron chi connectivity index (χ3n) is 5.67.